The highest BCUT2D eigenvalue weighted by atomic mass is 35.5. The quantitative estimate of drug-likeness (QED) is 0.802. The third kappa shape index (κ3) is 4.45. The highest BCUT2D eigenvalue weighted by Crippen LogP contribution is 2.19. The average Bonchev–Trinajstić information content (AvgIpc) is 2.45. The molecule has 0 amide bonds. The summed E-state index contributed by atoms with van der Waals surface area (Å²) in [5.41, 5.74) is 0. The van der Waals surface area contributed by atoms with Gasteiger partial charge in [-0.2, -0.15) is 15.0 Å². The van der Waals surface area contributed by atoms with E-state index < -0.39 is 0 Å². The Morgan fingerprint density at radius 2 is 2.25 bits per heavy atom. The van der Waals surface area contributed by atoms with Crippen LogP contribution in [0.15, 0.2) is 0 Å². The normalized spacial score (nSPS) is 18.9. The molecule has 0 N–H and O–H groups in total. The summed E-state index contributed by atoms with van der Waals surface area (Å²) >= 11 is 5.92. The maximum absolute atomic E-state index is 5.92. The van der Waals surface area contributed by atoms with Crippen molar-refractivity contribution >= 4 is 17.5 Å². The van der Waals surface area contributed by atoms with Crippen LogP contribution in [-0.4, -0.2) is 48.4 Å². The predicted molar refractivity (Wildman–Crippen MR) is 77.4 cm³/mol. The van der Waals surface area contributed by atoms with E-state index in [2.05, 4.69) is 15.0 Å². The molecule has 2 heterocycles. The van der Waals surface area contributed by atoms with E-state index in [9.17, 15) is 0 Å². The molecule has 1 aliphatic rings. The summed E-state index contributed by atoms with van der Waals surface area (Å²) in [5.74, 6) is 1.05. The first-order valence-corrected chi connectivity index (χ1v) is 7.40. The van der Waals surface area contributed by atoms with Crippen LogP contribution in [0, 0.1) is 5.92 Å². The fraction of sp³-hybridized carbons (Fsp3) is 0.769. The lowest BCUT2D eigenvalue weighted by molar-refractivity contribution is 0.0575. The zero-order valence-corrected chi connectivity index (χ0v) is 12.8. The lowest BCUT2D eigenvalue weighted by Gasteiger charge is -2.27. The summed E-state index contributed by atoms with van der Waals surface area (Å²) in [5, 5.41) is 0.160. The third-order valence-electron chi connectivity index (χ3n) is 3.14. The number of hydrogen-bond acceptors (Lipinski definition) is 6. The summed E-state index contributed by atoms with van der Waals surface area (Å²) in [4.78, 5) is 14.4. The van der Waals surface area contributed by atoms with Crippen molar-refractivity contribution in [2.45, 2.75) is 26.2 Å². The second kappa shape index (κ2) is 7.59. The Hall–Kier alpha value is -1.14. The molecule has 20 heavy (non-hydrogen) atoms. The molecule has 0 bridgehead atoms. The van der Waals surface area contributed by atoms with Gasteiger partial charge in [0.15, 0.2) is 0 Å². The highest BCUT2D eigenvalue weighted by Gasteiger charge is 2.18. The van der Waals surface area contributed by atoms with E-state index in [0.29, 0.717) is 18.5 Å². The molecule has 0 aliphatic carbocycles. The van der Waals surface area contributed by atoms with E-state index in [4.69, 9.17) is 21.1 Å². The highest BCUT2D eigenvalue weighted by molar-refractivity contribution is 6.28. The molecule has 1 aromatic rings. The van der Waals surface area contributed by atoms with Gasteiger partial charge in [-0.25, -0.2) is 0 Å². The van der Waals surface area contributed by atoms with Crippen molar-refractivity contribution in [2.24, 2.45) is 5.92 Å². The zero-order chi connectivity index (χ0) is 14.4. The molecular weight excluding hydrogens is 280 g/mol. The summed E-state index contributed by atoms with van der Waals surface area (Å²) < 4.78 is 10.9. The first-order valence-electron chi connectivity index (χ1n) is 7.02. The van der Waals surface area contributed by atoms with E-state index in [1.165, 1.54) is 6.42 Å². The minimum Gasteiger partial charge on any atom is -0.463 e. The number of aromatic nitrogens is 3. The minimum atomic E-state index is 0.160. The SMILES string of the molecule is CCCOc1nc(Cl)nc(N(C)CC2CCCOC2)n1. The molecule has 1 aliphatic heterocycles. The molecule has 1 fully saturated rings. The van der Waals surface area contributed by atoms with Crippen LogP contribution in [0.3, 0.4) is 0 Å². The van der Waals surface area contributed by atoms with Crippen LogP contribution in [-0.2, 0) is 4.74 Å². The van der Waals surface area contributed by atoms with Crippen molar-refractivity contribution in [1.82, 2.24) is 15.0 Å². The fourth-order valence-electron chi connectivity index (χ4n) is 2.17. The molecule has 2 rings (SSSR count). The van der Waals surface area contributed by atoms with Crippen molar-refractivity contribution < 1.29 is 9.47 Å². The Kier molecular flexibility index (Phi) is 5.79. The Labute approximate surface area is 124 Å². The van der Waals surface area contributed by atoms with Crippen molar-refractivity contribution in [3.8, 4) is 6.01 Å². The van der Waals surface area contributed by atoms with Gasteiger partial charge in [-0.15, -0.1) is 0 Å². The van der Waals surface area contributed by atoms with Crippen LogP contribution in [0.2, 0.25) is 5.28 Å². The van der Waals surface area contributed by atoms with Gasteiger partial charge in [0.1, 0.15) is 0 Å². The van der Waals surface area contributed by atoms with Crippen LogP contribution in [0.4, 0.5) is 5.95 Å². The molecule has 6 nitrogen and oxygen atoms in total. The van der Waals surface area contributed by atoms with Crippen molar-refractivity contribution in [2.75, 3.05) is 38.3 Å². The van der Waals surface area contributed by atoms with Gasteiger partial charge in [-0.1, -0.05) is 6.92 Å². The maximum atomic E-state index is 5.92. The molecule has 112 valence electrons. The molecule has 7 heteroatoms. The summed E-state index contributed by atoms with van der Waals surface area (Å²) in [6.07, 6.45) is 3.18. The van der Waals surface area contributed by atoms with Crippen LogP contribution < -0.4 is 9.64 Å². The average molecular weight is 301 g/mol. The lowest BCUT2D eigenvalue weighted by Crippen LogP contribution is -2.32. The Balaban J connectivity index is 2.00. The lowest BCUT2D eigenvalue weighted by atomic mass is 10.0. The number of ether oxygens (including phenoxy) is 2. The van der Waals surface area contributed by atoms with Gasteiger partial charge in [-0.05, 0) is 36.8 Å². The topological polar surface area (TPSA) is 60.4 Å². The van der Waals surface area contributed by atoms with Crippen LogP contribution in [0.25, 0.3) is 0 Å². The van der Waals surface area contributed by atoms with Gasteiger partial charge < -0.3 is 14.4 Å². The second-order valence-electron chi connectivity index (χ2n) is 5.00. The first kappa shape index (κ1) is 15.3. The largest absolute Gasteiger partial charge is 0.463 e. The van der Waals surface area contributed by atoms with E-state index in [-0.39, 0.29) is 11.3 Å². The van der Waals surface area contributed by atoms with Crippen LogP contribution in [0.5, 0.6) is 6.01 Å². The molecule has 1 aromatic heterocycles. The number of nitrogens with zero attached hydrogens (tertiary/aromatic N) is 4. The van der Waals surface area contributed by atoms with Gasteiger partial charge in [0, 0.05) is 20.2 Å². The molecule has 0 radical (unpaired) electrons. The molecule has 0 spiro atoms. The number of rotatable bonds is 6. The standard InChI is InChI=1S/C13H21ClN4O2/c1-3-6-20-13-16-11(14)15-12(17-13)18(2)8-10-5-4-7-19-9-10/h10H,3-9H2,1-2H3. The van der Waals surface area contributed by atoms with Gasteiger partial charge in [0.25, 0.3) is 0 Å². The van der Waals surface area contributed by atoms with Gasteiger partial charge in [0.2, 0.25) is 11.2 Å². The maximum Gasteiger partial charge on any atom is 0.322 e. The molecular formula is C13H21ClN4O2. The number of halogens is 1. The monoisotopic (exact) mass is 300 g/mol. The van der Waals surface area contributed by atoms with Crippen molar-refractivity contribution in [3.05, 3.63) is 5.28 Å². The molecule has 1 unspecified atom stereocenters. The molecule has 0 aromatic carbocycles. The Bertz CT molecular complexity index is 427. The fourth-order valence-corrected chi connectivity index (χ4v) is 2.32. The van der Waals surface area contributed by atoms with Gasteiger partial charge in [0.05, 0.1) is 13.2 Å². The van der Waals surface area contributed by atoms with E-state index in [1.807, 2.05) is 18.9 Å². The summed E-state index contributed by atoms with van der Waals surface area (Å²) in [6, 6.07) is 0.286. The predicted octanol–water partition coefficient (Wildman–Crippen LogP) is 2.18. The summed E-state index contributed by atoms with van der Waals surface area (Å²) in [6.45, 7) is 5.10. The zero-order valence-electron chi connectivity index (χ0n) is 12.0. The van der Waals surface area contributed by atoms with Crippen molar-refractivity contribution in [3.63, 3.8) is 0 Å². The van der Waals surface area contributed by atoms with E-state index in [1.54, 1.807) is 0 Å². The minimum absolute atomic E-state index is 0.160. The molecule has 0 saturated carbocycles. The first-order chi connectivity index (χ1) is 9.69. The van der Waals surface area contributed by atoms with Gasteiger partial charge >= 0.3 is 6.01 Å². The van der Waals surface area contributed by atoms with Crippen molar-refractivity contribution in [1.29, 1.82) is 0 Å². The third-order valence-corrected chi connectivity index (χ3v) is 3.31. The summed E-state index contributed by atoms with van der Waals surface area (Å²) in [7, 11) is 1.95. The van der Waals surface area contributed by atoms with E-state index in [0.717, 1.165) is 32.6 Å². The van der Waals surface area contributed by atoms with Gasteiger partial charge in [-0.3, -0.25) is 0 Å². The Morgan fingerprint density at radius 1 is 1.40 bits per heavy atom. The van der Waals surface area contributed by atoms with Crippen LogP contribution >= 0.6 is 11.6 Å². The number of hydrogen-bond donors (Lipinski definition) is 0. The smallest absolute Gasteiger partial charge is 0.322 e. The molecule has 1 atom stereocenters. The Morgan fingerprint density at radius 3 is 2.95 bits per heavy atom. The van der Waals surface area contributed by atoms with Crippen LogP contribution in [0.1, 0.15) is 26.2 Å². The second-order valence-corrected chi connectivity index (χ2v) is 5.34. The van der Waals surface area contributed by atoms with E-state index >= 15 is 0 Å². The molecule has 1 saturated heterocycles. The number of anilines is 1.